The zero-order chi connectivity index (χ0) is 21.8. The Morgan fingerprint density at radius 1 is 0.759 bits per heavy atom. The van der Waals surface area contributed by atoms with Crippen LogP contribution in [0.25, 0.3) is 22.0 Å². The molecule has 1 heterocycles. The van der Waals surface area contributed by atoms with E-state index in [9.17, 15) is 0 Å². The first-order valence-corrected chi connectivity index (χ1v) is 13.3. The van der Waals surface area contributed by atoms with Crippen LogP contribution in [0, 0.1) is 0 Å². The van der Waals surface area contributed by atoms with Crippen LogP contribution < -0.4 is 5.59 Å². The molecular formula is C26H36BNS. The molecule has 0 aliphatic carbocycles. The fraction of sp³-hybridized carbons (Fsp3) is 0.423. The predicted molar refractivity (Wildman–Crippen MR) is 136 cm³/mol. The number of aromatic nitrogens is 1. The Kier molecular flexibility index (Phi) is 5.45. The first kappa shape index (κ1) is 22.0. The van der Waals surface area contributed by atoms with Crippen molar-refractivity contribution in [3.05, 3.63) is 53.6 Å². The lowest BCUT2D eigenvalue weighted by atomic mass is 9.79. The van der Waals surface area contributed by atoms with Gasteiger partial charge in [-0.3, -0.25) is 4.98 Å². The van der Waals surface area contributed by atoms with Gasteiger partial charge in [0.05, 0.1) is 5.69 Å². The summed E-state index contributed by atoms with van der Waals surface area (Å²) in [6.45, 7) is 13.7. The highest BCUT2D eigenvalue weighted by Crippen LogP contribution is 2.46. The van der Waals surface area contributed by atoms with Gasteiger partial charge in [0.1, 0.15) is 0 Å². The minimum atomic E-state index is -0.757. The first-order chi connectivity index (χ1) is 13.2. The molecule has 0 aliphatic rings. The lowest BCUT2D eigenvalue weighted by Crippen LogP contribution is -2.17. The summed E-state index contributed by atoms with van der Waals surface area (Å²) in [4.78, 5) is 6.46. The van der Waals surface area contributed by atoms with Crippen LogP contribution >= 0.6 is 10.0 Å². The Morgan fingerprint density at radius 3 is 1.79 bits per heavy atom. The van der Waals surface area contributed by atoms with Crippen molar-refractivity contribution < 1.29 is 0 Å². The summed E-state index contributed by atoms with van der Waals surface area (Å²) < 4.78 is 0. The molecule has 0 amide bonds. The van der Waals surface area contributed by atoms with Crippen LogP contribution in [0.3, 0.4) is 0 Å². The molecule has 0 radical (unpaired) electrons. The van der Waals surface area contributed by atoms with E-state index in [1.807, 2.05) is 0 Å². The van der Waals surface area contributed by atoms with Crippen LogP contribution in [-0.2, 0) is 10.8 Å². The molecule has 0 fully saturated rings. The molecule has 0 spiro atoms. The Morgan fingerprint density at radius 2 is 1.31 bits per heavy atom. The molecule has 0 bridgehead atoms. The molecule has 154 valence electrons. The van der Waals surface area contributed by atoms with Crippen molar-refractivity contribution in [3.8, 4) is 11.3 Å². The Bertz CT molecular complexity index is 1030. The molecule has 2 aromatic carbocycles. The van der Waals surface area contributed by atoms with Gasteiger partial charge in [0.2, 0.25) is 0 Å². The molecule has 0 unspecified atom stereocenters. The Balaban J connectivity index is 2.33. The second-order valence-corrected chi connectivity index (χ2v) is 15.3. The summed E-state index contributed by atoms with van der Waals surface area (Å²) in [6, 6.07) is 16.3. The highest BCUT2D eigenvalue weighted by molar-refractivity contribution is 8.32. The minimum Gasteiger partial charge on any atom is -0.263 e. The van der Waals surface area contributed by atoms with Gasteiger partial charge in [-0.1, -0.05) is 53.7 Å². The molecule has 3 aromatic rings. The zero-order valence-corrected chi connectivity index (χ0v) is 20.7. The van der Waals surface area contributed by atoms with Crippen molar-refractivity contribution in [1.82, 2.24) is 4.98 Å². The van der Waals surface area contributed by atoms with Gasteiger partial charge in [-0.25, -0.2) is 10.0 Å². The maximum absolute atomic E-state index is 5.02. The number of nitrogens with zero attached hydrogens (tertiary/aromatic N) is 1. The van der Waals surface area contributed by atoms with Crippen LogP contribution in [0.1, 0.15) is 52.7 Å². The van der Waals surface area contributed by atoms with Crippen LogP contribution in [0.2, 0.25) is 0 Å². The topological polar surface area (TPSA) is 12.9 Å². The van der Waals surface area contributed by atoms with Gasteiger partial charge < -0.3 is 0 Å². The summed E-state index contributed by atoms with van der Waals surface area (Å²) in [5.41, 5.74) is 6.34. The molecule has 1 aromatic heterocycles. The van der Waals surface area contributed by atoms with Gasteiger partial charge >= 0.3 is 0 Å². The molecule has 1 nitrogen and oxygen atoms in total. The highest BCUT2D eigenvalue weighted by atomic mass is 32.3. The van der Waals surface area contributed by atoms with Gasteiger partial charge in [-0.05, 0) is 86.9 Å². The van der Waals surface area contributed by atoms with Crippen LogP contribution in [0.15, 0.2) is 47.4 Å². The third kappa shape index (κ3) is 4.72. The van der Waals surface area contributed by atoms with Gasteiger partial charge in [0.25, 0.3) is 0 Å². The van der Waals surface area contributed by atoms with Crippen LogP contribution in [0.4, 0.5) is 0 Å². The van der Waals surface area contributed by atoms with E-state index in [0.29, 0.717) is 0 Å². The van der Waals surface area contributed by atoms with Gasteiger partial charge in [-0.2, -0.15) is 0 Å². The quantitative estimate of drug-likeness (QED) is 0.491. The monoisotopic (exact) mass is 405 g/mol. The maximum Gasteiger partial charge on any atom is 0.163 e. The highest BCUT2D eigenvalue weighted by Gasteiger charge is 2.22. The van der Waals surface area contributed by atoms with E-state index in [1.165, 1.54) is 32.4 Å². The average molecular weight is 405 g/mol. The van der Waals surface area contributed by atoms with Crippen molar-refractivity contribution in [1.29, 1.82) is 0 Å². The lowest BCUT2D eigenvalue weighted by Gasteiger charge is -2.27. The molecule has 0 atom stereocenters. The van der Waals surface area contributed by atoms with E-state index in [-0.39, 0.29) is 10.8 Å². The van der Waals surface area contributed by atoms with Crippen molar-refractivity contribution in [2.75, 3.05) is 18.8 Å². The van der Waals surface area contributed by atoms with E-state index >= 15 is 0 Å². The molecule has 3 heteroatoms. The van der Waals surface area contributed by atoms with Crippen molar-refractivity contribution in [2.45, 2.75) is 57.3 Å². The molecule has 0 saturated heterocycles. The predicted octanol–water partition coefficient (Wildman–Crippen LogP) is 5.81. The SMILES string of the molecule is Bc1cc2cc(S(C)(C)C)ccc2c(-c2cc(C(C)(C)C)cc(C(C)(C)C)c2)n1. The van der Waals surface area contributed by atoms with Gasteiger partial charge in [-0.15, -0.1) is 0 Å². The second-order valence-electron chi connectivity index (χ2n) is 11.1. The van der Waals surface area contributed by atoms with E-state index in [0.717, 1.165) is 11.3 Å². The number of pyridine rings is 1. The molecule has 0 saturated carbocycles. The summed E-state index contributed by atoms with van der Waals surface area (Å²) in [7, 11) is 1.35. The molecule has 29 heavy (non-hydrogen) atoms. The first-order valence-electron chi connectivity index (χ1n) is 10.4. The fourth-order valence-corrected chi connectivity index (χ4v) is 4.56. The number of benzene rings is 2. The Hall–Kier alpha value is -1.74. The summed E-state index contributed by atoms with van der Waals surface area (Å²) in [5.74, 6) is 0. The standard InChI is InChI=1S/C26H36BNS/c1-25(2,3)19-12-18(13-20(16-19)26(4,5)6)24-22-11-10-21(29(7,8)9)14-17(22)15-23(27)28-24/h10-16H,27H2,1-9H3. The number of rotatable bonds is 2. The van der Waals surface area contributed by atoms with Crippen molar-refractivity contribution in [2.24, 2.45) is 0 Å². The largest absolute Gasteiger partial charge is 0.263 e. The smallest absolute Gasteiger partial charge is 0.163 e. The lowest BCUT2D eigenvalue weighted by molar-refractivity contribution is 0.569. The Labute approximate surface area is 180 Å². The number of hydrogen-bond donors (Lipinski definition) is 0. The van der Waals surface area contributed by atoms with Crippen molar-refractivity contribution >= 4 is 34.2 Å². The molecule has 0 aliphatic heterocycles. The van der Waals surface area contributed by atoms with E-state index in [1.54, 1.807) is 0 Å². The zero-order valence-electron chi connectivity index (χ0n) is 19.9. The third-order valence-electron chi connectivity index (χ3n) is 5.58. The normalized spacial score (nSPS) is 13.7. The van der Waals surface area contributed by atoms with Gasteiger partial charge in [0.15, 0.2) is 7.85 Å². The maximum atomic E-state index is 5.02. The minimum absolute atomic E-state index is 0.0956. The van der Waals surface area contributed by atoms with Crippen LogP contribution in [0.5, 0.6) is 0 Å². The van der Waals surface area contributed by atoms with Crippen molar-refractivity contribution in [3.63, 3.8) is 0 Å². The van der Waals surface area contributed by atoms with Gasteiger partial charge in [0, 0.05) is 10.9 Å². The molecule has 0 N–H and O–H groups in total. The third-order valence-corrected chi connectivity index (χ3v) is 7.24. The van der Waals surface area contributed by atoms with Crippen LogP contribution in [-0.4, -0.2) is 31.6 Å². The summed E-state index contributed by atoms with van der Waals surface area (Å²) in [6.07, 6.45) is 7.06. The number of fused-ring (bicyclic) bond motifs is 1. The summed E-state index contributed by atoms with van der Waals surface area (Å²) >= 11 is 0. The summed E-state index contributed by atoms with van der Waals surface area (Å²) in [5, 5.41) is 2.54. The molecular weight excluding hydrogens is 369 g/mol. The number of hydrogen-bond acceptors (Lipinski definition) is 1. The van der Waals surface area contributed by atoms with E-state index in [2.05, 4.69) is 111 Å². The fourth-order valence-electron chi connectivity index (χ4n) is 3.60. The molecule has 3 rings (SSSR count). The van der Waals surface area contributed by atoms with E-state index < -0.39 is 10.0 Å². The second kappa shape index (κ2) is 7.20. The average Bonchev–Trinajstić information content (AvgIpc) is 2.57. The van der Waals surface area contributed by atoms with E-state index in [4.69, 9.17) is 4.98 Å².